The number of aliphatic hydroxyl groups is 2. The number of aliphatic hydroxyl groups excluding tert-OH is 2. The fourth-order valence-electron chi connectivity index (χ4n) is 1.18. The molecular formula is C10H12BrNO4. The number of carboxylic acids is 1. The van der Waals surface area contributed by atoms with Crippen LogP contribution in [0.1, 0.15) is 10.4 Å². The molecule has 0 radical (unpaired) electrons. The molecule has 1 aromatic carbocycles. The van der Waals surface area contributed by atoms with Crippen molar-refractivity contribution >= 4 is 27.6 Å². The number of hydrogen-bond donors (Lipinski definition) is 4. The molecule has 16 heavy (non-hydrogen) atoms. The number of anilines is 1. The van der Waals surface area contributed by atoms with Crippen LogP contribution in [0.4, 0.5) is 5.69 Å². The molecule has 1 aromatic rings. The standard InChI is InChI=1S/C10H12BrNO4/c11-7-1-6(10(15)16)2-8(3-7)12-9(4-13)5-14/h1-3,9,12-14H,4-5H2,(H,15,16). The summed E-state index contributed by atoms with van der Waals surface area (Å²) in [6, 6.07) is 4.08. The van der Waals surface area contributed by atoms with Gasteiger partial charge in [-0.25, -0.2) is 4.79 Å². The largest absolute Gasteiger partial charge is 0.478 e. The molecule has 4 N–H and O–H groups in total. The second kappa shape index (κ2) is 5.83. The summed E-state index contributed by atoms with van der Waals surface area (Å²) in [5.41, 5.74) is 0.659. The number of carboxylic acid groups (broad SMARTS) is 1. The van der Waals surface area contributed by atoms with Crippen molar-refractivity contribution in [2.75, 3.05) is 18.5 Å². The smallest absolute Gasteiger partial charge is 0.335 e. The summed E-state index contributed by atoms with van der Waals surface area (Å²) in [6.07, 6.45) is 0. The molecule has 0 amide bonds. The van der Waals surface area contributed by atoms with E-state index in [1.165, 1.54) is 12.1 Å². The van der Waals surface area contributed by atoms with Crippen LogP contribution in [0.5, 0.6) is 0 Å². The molecule has 0 aliphatic heterocycles. The second-order valence-electron chi connectivity index (χ2n) is 3.24. The van der Waals surface area contributed by atoms with E-state index in [0.717, 1.165) is 0 Å². The van der Waals surface area contributed by atoms with Crippen LogP contribution < -0.4 is 5.32 Å². The topological polar surface area (TPSA) is 89.8 Å². The molecule has 0 spiro atoms. The Morgan fingerprint density at radius 1 is 1.31 bits per heavy atom. The highest BCUT2D eigenvalue weighted by Gasteiger charge is 2.09. The van der Waals surface area contributed by atoms with Crippen molar-refractivity contribution in [1.82, 2.24) is 0 Å². The maximum Gasteiger partial charge on any atom is 0.335 e. The molecule has 0 bridgehead atoms. The maximum absolute atomic E-state index is 10.8. The molecule has 0 aliphatic carbocycles. The lowest BCUT2D eigenvalue weighted by Gasteiger charge is -2.15. The number of benzene rings is 1. The van der Waals surface area contributed by atoms with Crippen molar-refractivity contribution in [2.45, 2.75) is 6.04 Å². The van der Waals surface area contributed by atoms with E-state index in [2.05, 4.69) is 21.2 Å². The van der Waals surface area contributed by atoms with E-state index in [1.54, 1.807) is 6.07 Å². The normalized spacial score (nSPS) is 10.5. The Balaban J connectivity index is 2.91. The molecule has 1 rings (SSSR count). The van der Waals surface area contributed by atoms with Gasteiger partial charge in [-0.15, -0.1) is 0 Å². The zero-order chi connectivity index (χ0) is 12.1. The fraction of sp³-hybridized carbons (Fsp3) is 0.300. The molecule has 0 atom stereocenters. The van der Waals surface area contributed by atoms with Gasteiger partial charge < -0.3 is 20.6 Å². The van der Waals surface area contributed by atoms with Gasteiger partial charge in [0, 0.05) is 10.2 Å². The van der Waals surface area contributed by atoms with Crippen LogP contribution in [0.3, 0.4) is 0 Å². The van der Waals surface area contributed by atoms with Crippen molar-refractivity contribution in [3.63, 3.8) is 0 Å². The van der Waals surface area contributed by atoms with Gasteiger partial charge in [0.1, 0.15) is 0 Å². The first kappa shape index (κ1) is 13.0. The van der Waals surface area contributed by atoms with E-state index in [1.807, 2.05) is 0 Å². The Morgan fingerprint density at radius 3 is 2.44 bits per heavy atom. The van der Waals surface area contributed by atoms with Crippen LogP contribution in [0.2, 0.25) is 0 Å². The maximum atomic E-state index is 10.8. The zero-order valence-electron chi connectivity index (χ0n) is 8.35. The van der Waals surface area contributed by atoms with Gasteiger partial charge in [-0.2, -0.15) is 0 Å². The van der Waals surface area contributed by atoms with Gasteiger partial charge in [-0.1, -0.05) is 15.9 Å². The first-order valence-electron chi connectivity index (χ1n) is 4.59. The lowest BCUT2D eigenvalue weighted by Crippen LogP contribution is -2.27. The fourth-order valence-corrected chi connectivity index (χ4v) is 1.67. The van der Waals surface area contributed by atoms with Crippen LogP contribution in [0.25, 0.3) is 0 Å². The zero-order valence-corrected chi connectivity index (χ0v) is 9.94. The van der Waals surface area contributed by atoms with Gasteiger partial charge in [-0.3, -0.25) is 0 Å². The highest BCUT2D eigenvalue weighted by molar-refractivity contribution is 9.10. The van der Waals surface area contributed by atoms with Crippen LogP contribution in [0.15, 0.2) is 22.7 Å². The molecule has 0 saturated heterocycles. The third-order valence-corrected chi connectivity index (χ3v) is 2.41. The van der Waals surface area contributed by atoms with Gasteiger partial charge in [0.25, 0.3) is 0 Å². The van der Waals surface area contributed by atoms with E-state index in [9.17, 15) is 4.79 Å². The highest BCUT2D eigenvalue weighted by Crippen LogP contribution is 2.20. The van der Waals surface area contributed by atoms with E-state index >= 15 is 0 Å². The minimum absolute atomic E-state index is 0.131. The summed E-state index contributed by atoms with van der Waals surface area (Å²) in [5.74, 6) is -1.03. The summed E-state index contributed by atoms with van der Waals surface area (Å²) in [5, 5.41) is 29.4. The highest BCUT2D eigenvalue weighted by atomic mass is 79.9. The third kappa shape index (κ3) is 3.48. The summed E-state index contributed by atoms with van der Waals surface area (Å²) in [7, 11) is 0. The number of aromatic carboxylic acids is 1. The molecule has 5 nitrogen and oxygen atoms in total. The molecule has 0 unspecified atom stereocenters. The Hall–Kier alpha value is -1.11. The quantitative estimate of drug-likeness (QED) is 0.647. The predicted molar refractivity (Wildman–Crippen MR) is 62.7 cm³/mol. The van der Waals surface area contributed by atoms with Gasteiger partial charge in [0.05, 0.1) is 24.8 Å². The van der Waals surface area contributed by atoms with E-state index in [0.29, 0.717) is 10.2 Å². The van der Waals surface area contributed by atoms with Crippen LogP contribution in [0, 0.1) is 0 Å². The van der Waals surface area contributed by atoms with Gasteiger partial charge in [-0.05, 0) is 18.2 Å². The van der Waals surface area contributed by atoms with E-state index in [-0.39, 0.29) is 18.8 Å². The minimum Gasteiger partial charge on any atom is -0.478 e. The lowest BCUT2D eigenvalue weighted by atomic mass is 10.2. The minimum atomic E-state index is -1.03. The van der Waals surface area contributed by atoms with Crippen molar-refractivity contribution in [3.05, 3.63) is 28.2 Å². The Bertz CT molecular complexity index is 379. The SMILES string of the molecule is O=C(O)c1cc(Br)cc(NC(CO)CO)c1. The van der Waals surface area contributed by atoms with Crippen molar-refractivity contribution in [3.8, 4) is 0 Å². The van der Waals surface area contributed by atoms with E-state index in [4.69, 9.17) is 15.3 Å². The van der Waals surface area contributed by atoms with Crippen LogP contribution >= 0.6 is 15.9 Å². The Morgan fingerprint density at radius 2 is 1.94 bits per heavy atom. The van der Waals surface area contributed by atoms with E-state index < -0.39 is 12.0 Å². The summed E-state index contributed by atoms with van der Waals surface area (Å²) < 4.78 is 0.615. The Labute approximate surface area is 101 Å². The monoisotopic (exact) mass is 289 g/mol. The van der Waals surface area contributed by atoms with Crippen molar-refractivity contribution < 1.29 is 20.1 Å². The molecule has 88 valence electrons. The number of nitrogens with one attached hydrogen (secondary N) is 1. The van der Waals surface area contributed by atoms with Gasteiger partial charge in [0.15, 0.2) is 0 Å². The molecule has 6 heteroatoms. The summed E-state index contributed by atoms with van der Waals surface area (Å²) >= 11 is 3.19. The van der Waals surface area contributed by atoms with Crippen molar-refractivity contribution in [1.29, 1.82) is 0 Å². The molecule has 0 aromatic heterocycles. The first-order valence-corrected chi connectivity index (χ1v) is 5.38. The van der Waals surface area contributed by atoms with Crippen LogP contribution in [-0.2, 0) is 0 Å². The molecule has 0 saturated carbocycles. The number of carbonyl (C=O) groups is 1. The van der Waals surface area contributed by atoms with Crippen LogP contribution in [-0.4, -0.2) is 40.5 Å². The number of rotatable bonds is 5. The Kier molecular flexibility index (Phi) is 4.72. The molecular weight excluding hydrogens is 278 g/mol. The van der Waals surface area contributed by atoms with Gasteiger partial charge >= 0.3 is 5.97 Å². The molecule has 0 fully saturated rings. The average molecular weight is 290 g/mol. The molecule has 0 heterocycles. The average Bonchev–Trinajstić information content (AvgIpc) is 2.25. The molecule has 0 aliphatic rings. The second-order valence-corrected chi connectivity index (χ2v) is 4.16. The van der Waals surface area contributed by atoms with Crippen molar-refractivity contribution in [2.24, 2.45) is 0 Å². The first-order chi connectivity index (χ1) is 7.56. The predicted octanol–water partition coefficient (Wildman–Crippen LogP) is 0.912. The summed E-state index contributed by atoms with van der Waals surface area (Å²) in [4.78, 5) is 10.8. The number of halogens is 1. The summed E-state index contributed by atoms with van der Waals surface area (Å²) in [6.45, 7) is -0.461. The number of hydrogen-bond acceptors (Lipinski definition) is 4. The van der Waals surface area contributed by atoms with Gasteiger partial charge in [0.2, 0.25) is 0 Å². The third-order valence-electron chi connectivity index (χ3n) is 1.96. The lowest BCUT2D eigenvalue weighted by molar-refractivity contribution is 0.0697.